The fraction of sp³-hybridized carbons (Fsp3) is 0.810. The number of carboxylic acids is 4. The van der Waals surface area contributed by atoms with E-state index in [-0.39, 0.29) is 32.2 Å². The van der Waals surface area contributed by atoms with E-state index in [1.807, 2.05) is 0 Å². The molecule has 0 aromatic rings. The van der Waals surface area contributed by atoms with Crippen LogP contribution in [0.5, 0.6) is 0 Å². The molecule has 190 valence electrons. The van der Waals surface area contributed by atoms with E-state index in [2.05, 4.69) is 6.92 Å². The Kier molecular flexibility index (Phi) is 13.5. The Bertz CT molecular complexity index is 648. The van der Waals surface area contributed by atoms with Gasteiger partial charge in [0.15, 0.2) is 0 Å². The SMILES string of the molecule is CCCCCC1CN(CC(=O)O)CCN(CC(=O)O)CCN(CC(=O)O)CCN1CC(=O)O. The number of carboxylic acid groups (broad SMARTS) is 4. The van der Waals surface area contributed by atoms with Crippen LogP contribution < -0.4 is 0 Å². The summed E-state index contributed by atoms with van der Waals surface area (Å²) in [7, 11) is 0. The Morgan fingerprint density at radius 2 is 1.06 bits per heavy atom. The van der Waals surface area contributed by atoms with E-state index >= 15 is 0 Å². The van der Waals surface area contributed by atoms with E-state index in [9.17, 15) is 39.6 Å². The van der Waals surface area contributed by atoms with Crippen molar-refractivity contribution in [3.8, 4) is 0 Å². The summed E-state index contributed by atoms with van der Waals surface area (Å²) >= 11 is 0. The van der Waals surface area contributed by atoms with Crippen molar-refractivity contribution in [2.75, 3.05) is 72.0 Å². The molecule has 1 saturated heterocycles. The number of rotatable bonds is 12. The third-order valence-electron chi connectivity index (χ3n) is 5.71. The maximum atomic E-state index is 11.6. The van der Waals surface area contributed by atoms with Crippen molar-refractivity contribution in [2.45, 2.75) is 38.6 Å². The van der Waals surface area contributed by atoms with E-state index in [4.69, 9.17) is 0 Å². The molecule has 33 heavy (non-hydrogen) atoms. The lowest BCUT2D eigenvalue weighted by atomic mass is 10.1. The van der Waals surface area contributed by atoms with Crippen molar-refractivity contribution in [3.05, 3.63) is 0 Å². The second-order valence-corrected chi connectivity index (χ2v) is 8.48. The van der Waals surface area contributed by atoms with E-state index in [0.717, 1.165) is 19.3 Å². The first-order chi connectivity index (χ1) is 15.6. The molecule has 1 rings (SSSR count). The summed E-state index contributed by atoms with van der Waals surface area (Å²) < 4.78 is 0. The lowest BCUT2D eigenvalue weighted by Gasteiger charge is -2.37. The van der Waals surface area contributed by atoms with Gasteiger partial charge in [-0.1, -0.05) is 26.2 Å². The number of unbranched alkanes of at least 4 members (excludes halogenated alkanes) is 2. The summed E-state index contributed by atoms with van der Waals surface area (Å²) in [6, 6.07) is -0.217. The average molecular weight is 475 g/mol. The fourth-order valence-corrected chi connectivity index (χ4v) is 4.07. The van der Waals surface area contributed by atoms with Crippen molar-refractivity contribution in [3.63, 3.8) is 0 Å². The van der Waals surface area contributed by atoms with Gasteiger partial charge in [-0.25, -0.2) is 0 Å². The van der Waals surface area contributed by atoms with Crippen LogP contribution in [0.3, 0.4) is 0 Å². The van der Waals surface area contributed by atoms with Gasteiger partial charge in [-0.3, -0.25) is 38.8 Å². The zero-order chi connectivity index (χ0) is 24.8. The normalized spacial score (nSPS) is 20.6. The lowest BCUT2D eigenvalue weighted by Crippen LogP contribution is -2.52. The third kappa shape index (κ3) is 13.1. The molecule has 12 nitrogen and oxygen atoms in total. The van der Waals surface area contributed by atoms with E-state index in [1.165, 1.54) is 0 Å². The summed E-state index contributed by atoms with van der Waals surface area (Å²) in [6.07, 6.45) is 3.51. The number of hydrogen-bond donors (Lipinski definition) is 4. The molecule has 1 fully saturated rings. The molecule has 0 saturated carbocycles. The van der Waals surface area contributed by atoms with Gasteiger partial charge in [0.2, 0.25) is 0 Å². The van der Waals surface area contributed by atoms with Gasteiger partial charge in [-0.2, -0.15) is 0 Å². The molecule has 1 aliphatic heterocycles. The van der Waals surface area contributed by atoms with Gasteiger partial charge in [-0.05, 0) is 6.42 Å². The fourth-order valence-electron chi connectivity index (χ4n) is 4.07. The molecule has 12 heteroatoms. The standard InChI is InChI=1S/C21H38N4O8/c1-2-3-4-5-17-12-24(15-20(30)31)9-8-22(13-18(26)27)6-7-23(14-19(28)29)10-11-25(17)16-21(32)33/h17H,2-16H2,1H3,(H,26,27)(H,28,29)(H,30,31)(H,32,33). The van der Waals surface area contributed by atoms with E-state index in [0.29, 0.717) is 52.2 Å². The van der Waals surface area contributed by atoms with Crippen molar-refractivity contribution >= 4 is 23.9 Å². The van der Waals surface area contributed by atoms with Gasteiger partial charge in [0, 0.05) is 51.9 Å². The van der Waals surface area contributed by atoms with Crippen LogP contribution in [-0.4, -0.2) is 142 Å². The number of carbonyl (C=O) groups is 4. The first kappa shape index (κ1) is 28.8. The highest BCUT2D eigenvalue weighted by atomic mass is 16.4. The van der Waals surface area contributed by atoms with E-state index in [1.54, 1.807) is 19.6 Å². The van der Waals surface area contributed by atoms with Crippen LogP contribution in [0, 0.1) is 0 Å². The Morgan fingerprint density at radius 1 is 0.636 bits per heavy atom. The Balaban J connectivity index is 3.17. The van der Waals surface area contributed by atoms with Crippen LogP contribution in [0.25, 0.3) is 0 Å². The van der Waals surface area contributed by atoms with Crippen LogP contribution >= 0.6 is 0 Å². The number of hydrogen-bond acceptors (Lipinski definition) is 8. The quantitative estimate of drug-likeness (QED) is 0.269. The summed E-state index contributed by atoms with van der Waals surface area (Å²) in [4.78, 5) is 52.5. The Morgan fingerprint density at radius 3 is 1.52 bits per heavy atom. The van der Waals surface area contributed by atoms with Gasteiger partial charge >= 0.3 is 23.9 Å². The molecule has 0 aromatic heterocycles. The lowest BCUT2D eigenvalue weighted by molar-refractivity contribution is -0.142. The van der Waals surface area contributed by atoms with Crippen molar-refractivity contribution in [1.29, 1.82) is 0 Å². The van der Waals surface area contributed by atoms with Gasteiger partial charge in [0.05, 0.1) is 26.2 Å². The Labute approximate surface area is 194 Å². The van der Waals surface area contributed by atoms with Crippen molar-refractivity contribution < 1.29 is 39.6 Å². The van der Waals surface area contributed by atoms with Gasteiger partial charge in [0.25, 0.3) is 0 Å². The minimum absolute atomic E-state index is 0.217. The molecule has 4 N–H and O–H groups in total. The maximum Gasteiger partial charge on any atom is 0.317 e. The zero-order valence-electron chi connectivity index (χ0n) is 19.4. The van der Waals surface area contributed by atoms with Crippen LogP contribution in [0.15, 0.2) is 0 Å². The van der Waals surface area contributed by atoms with Crippen LogP contribution in [-0.2, 0) is 19.2 Å². The average Bonchev–Trinajstić information content (AvgIpc) is 2.69. The molecule has 1 aliphatic rings. The molecule has 0 amide bonds. The molecule has 0 spiro atoms. The van der Waals surface area contributed by atoms with Gasteiger partial charge in [-0.15, -0.1) is 0 Å². The van der Waals surface area contributed by atoms with Crippen LogP contribution in [0.2, 0.25) is 0 Å². The minimum Gasteiger partial charge on any atom is -0.480 e. The number of aliphatic carboxylic acids is 4. The predicted molar refractivity (Wildman–Crippen MR) is 119 cm³/mol. The molecule has 0 radical (unpaired) electrons. The second kappa shape index (κ2) is 15.5. The number of nitrogens with zero attached hydrogens (tertiary/aromatic N) is 4. The van der Waals surface area contributed by atoms with Crippen molar-refractivity contribution in [2.24, 2.45) is 0 Å². The largest absolute Gasteiger partial charge is 0.480 e. The molecular weight excluding hydrogens is 436 g/mol. The topological polar surface area (TPSA) is 162 Å². The summed E-state index contributed by atoms with van der Waals surface area (Å²) in [5, 5.41) is 37.4. The zero-order valence-corrected chi connectivity index (χ0v) is 19.4. The minimum atomic E-state index is -1.01. The third-order valence-corrected chi connectivity index (χ3v) is 5.71. The maximum absolute atomic E-state index is 11.6. The predicted octanol–water partition coefficient (Wildman–Crippen LogP) is -0.505. The first-order valence-electron chi connectivity index (χ1n) is 11.4. The summed E-state index contributed by atoms with van der Waals surface area (Å²) in [6.45, 7) is 3.35. The monoisotopic (exact) mass is 474 g/mol. The molecule has 0 aliphatic carbocycles. The van der Waals surface area contributed by atoms with Crippen LogP contribution in [0.1, 0.15) is 32.6 Å². The van der Waals surface area contributed by atoms with Crippen LogP contribution in [0.4, 0.5) is 0 Å². The van der Waals surface area contributed by atoms with Gasteiger partial charge in [0.1, 0.15) is 0 Å². The Hall–Kier alpha value is -2.28. The molecule has 1 unspecified atom stereocenters. The van der Waals surface area contributed by atoms with Gasteiger partial charge < -0.3 is 20.4 Å². The highest BCUT2D eigenvalue weighted by Crippen LogP contribution is 2.14. The molecule has 0 bridgehead atoms. The molecule has 1 heterocycles. The molecular formula is C21H38N4O8. The van der Waals surface area contributed by atoms with E-state index < -0.39 is 23.9 Å². The highest BCUT2D eigenvalue weighted by molar-refractivity contribution is 5.70. The molecule has 1 atom stereocenters. The second-order valence-electron chi connectivity index (χ2n) is 8.48. The molecule has 0 aromatic carbocycles. The van der Waals surface area contributed by atoms with Crippen molar-refractivity contribution in [1.82, 2.24) is 19.6 Å². The highest BCUT2D eigenvalue weighted by Gasteiger charge is 2.26. The summed E-state index contributed by atoms with van der Waals surface area (Å²) in [5.41, 5.74) is 0. The smallest absolute Gasteiger partial charge is 0.317 e. The first-order valence-corrected chi connectivity index (χ1v) is 11.4. The summed E-state index contributed by atoms with van der Waals surface area (Å²) in [5.74, 6) is -4.02.